The van der Waals surface area contributed by atoms with E-state index in [0.717, 1.165) is 42.3 Å². The molecule has 1 saturated carbocycles. The van der Waals surface area contributed by atoms with Crippen LogP contribution in [0.25, 0.3) is 0 Å². The molecule has 0 aromatic heterocycles. The summed E-state index contributed by atoms with van der Waals surface area (Å²) in [6, 6.07) is 5.25. The van der Waals surface area contributed by atoms with Crippen LogP contribution in [0.15, 0.2) is 24.3 Å². The molecule has 0 bridgehead atoms. The number of nitrogens with one attached hydrogen (secondary N) is 1. The van der Waals surface area contributed by atoms with Gasteiger partial charge in [0.1, 0.15) is 6.54 Å². The van der Waals surface area contributed by atoms with Crippen LogP contribution in [-0.2, 0) is 14.8 Å². The second-order valence-electron chi connectivity index (χ2n) is 6.35. The molecule has 0 aliphatic heterocycles. The Morgan fingerprint density at radius 3 is 2.60 bits per heavy atom. The molecule has 0 heterocycles. The van der Waals surface area contributed by atoms with Crippen molar-refractivity contribution in [2.75, 3.05) is 23.7 Å². The molecule has 9 heteroatoms. The highest BCUT2D eigenvalue weighted by Gasteiger charge is 2.23. The van der Waals surface area contributed by atoms with Crippen LogP contribution in [0.5, 0.6) is 0 Å². The molecule has 1 aromatic carbocycles. The molecule has 1 aromatic rings. The van der Waals surface area contributed by atoms with Crippen molar-refractivity contribution in [3.8, 4) is 0 Å². The van der Waals surface area contributed by atoms with Crippen molar-refractivity contribution < 1.29 is 18.1 Å². The monoisotopic (exact) mass is 369 g/mol. The molecule has 1 aliphatic carbocycles. The molecule has 2 rings (SSSR count). The van der Waals surface area contributed by atoms with Crippen LogP contribution < -0.4 is 9.62 Å². The van der Waals surface area contributed by atoms with E-state index in [1.807, 2.05) is 0 Å². The molecule has 1 amide bonds. The molecule has 0 atom stereocenters. The van der Waals surface area contributed by atoms with Crippen LogP contribution in [0.1, 0.15) is 32.1 Å². The Labute approximate surface area is 147 Å². The molecule has 0 saturated heterocycles. The molecule has 25 heavy (non-hydrogen) atoms. The number of benzene rings is 1. The largest absolute Gasteiger partial charge is 0.354 e. The smallest absolute Gasteiger partial charge is 0.271 e. The summed E-state index contributed by atoms with van der Waals surface area (Å²) in [6.07, 6.45) is 6.65. The number of hydrogen-bond donors (Lipinski definition) is 1. The van der Waals surface area contributed by atoms with E-state index in [9.17, 15) is 23.3 Å². The van der Waals surface area contributed by atoms with Gasteiger partial charge in [0.25, 0.3) is 5.69 Å². The van der Waals surface area contributed by atoms with Crippen molar-refractivity contribution >= 4 is 27.3 Å². The van der Waals surface area contributed by atoms with Crippen LogP contribution in [0.3, 0.4) is 0 Å². The fourth-order valence-electron chi connectivity index (χ4n) is 3.00. The number of carbonyl (C=O) groups excluding carboxylic acids is 1. The van der Waals surface area contributed by atoms with Gasteiger partial charge < -0.3 is 5.32 Å². The maximum atomic E-state index is 12.2. The number of anilines is 1. The average molecular weight is 369 g/mol. The molecule has 0 unspecified atom stereocenters. The van der Waals surface area contributed by atoms with Crippen molar-refractivity contribution in [2.24, 2.45) is 5.92 Å². The first kappa shape index (κ1) is 19.2. The Kier molecular flexibility index (Phi) is 6.35. The maximum absolute atomic E-state index is 12.2. The second-order valence-corrected chi connectivity index (χ2v) is 8.26. The Balaban J connectivity index is 2.06. The highest BCUT2D eigenvalue weighted by atomic mass is 32.2. The summed E-state index contributed by atoms with van der Waals surface area (Å²) in [4.78, 5) is 22.5. The van der Waals surface area contributed by atoms with Gasteiger partial charge in [0.15, 0.2) is 0 Å². The first-order chi connectivity index (χ1) is 11.8. The highest BCUT2D eigenvalue weighted by Crippen LogP contribution is 2.24. The lowest BCUT2D eigenvalue weighted by molar-refractivity contribution is -0.384. The molecule has 1 aliphatic rings. The van der Waals surface area contributed by atoms with Crippen LogP contribution in [0, 0.1) is 16.0 Å². The van der Waals surface area contributed by atoms with Gasteiger partial charge in [-0.2, -0.15) is 0 Å². The van der Waals surface area contributed by atoms with Crippen LogP contribution in [-0.4, -0.2) is 38.6 Å². The van der Waals surface area contributed by atoms with Crippen molar-refractivity contribution in [3.05, 3.63) is 34.4 Å². The third kappa shape index (κ3) is 5.70. The zero-order valence-electron chi connectivity index (χ0n) is 14.2. The Bertz CT molecular complexity index is 729. The Morgan fingerprint density at radius 1 is 1.32 bits per heavy atom. The maximum Gasteiger partial charge on any atom is 0.271 e. The van der Waals surface area contributed by atoms with Gasteiger partial charge in [-0.05, 0) is 24.8 Å². The Morgan fingerprint density at radius 2 is 2.00 bits per heavy atom. The minimum absolute atomic E-state index is 0.101. The first-order valence-electron chi connectivity index (χ1n) is 8.26. The van der Waals surface area contributed by atoms with E-state index in [2.05, 4.69) is 5.32 Å². The van der Waals surface area contributed by atoms with Crippen molar-refractivity contribution in [1.82, 2.24) is 5.32 Å². The van der Waals surface area contributed by atoms with Gasteiger partial charge in [-0.25, -0.2) is 8.42 Å². The number of nitro benzene ring substituents is 1. The van der Waals surface area contributed by atoms with Crippen LogP contribution >= 0.6 is 0 Å². The molecule has 1 fully saturated rings. The fraction of sp³-hybridized carbons (Fsp3) is 0.562. The quantitative estimate of drug-likeness (QED) is 0.584. The van der Waals surface area contributed by atoms with E-state index in [-0.39, 0.29) is 11.4 Å². The number of non-ortho nitro benzene ring substituents is 1. The number of amides is 1. The van der Waals surface area contributed by atoms with Crippen molar-refractivity contribution in [3.63, 3.8) is 0 Å². The second kappa shape index (κ2) is 8.28. The molecule has 1 N–H and O–H groups in total. The summed E-state index contributed by atoms with van der Waals surface area (Å²) >= 11 is 0. The average Bonchev–Trinajstić information content (AvgIpc) is 2.58. The standard InChI is InChI=1S/C16H23N3O5S/c1-25(23,24)18(14-8-5-9-15(10-14)19(21)22)12-16(20)17-11-13-6-3-2-4-7-13/h5,8-10,13H,2-4,6-7,11-12H2,1H3,(H,17,20). The summed E-state index contributed by atoms with van der Waals surface area (Å²) in [7, 11) is -3.75. The normalized spacial score (nSPS) is 15.6. The number of carbonyl (C=O) groups is 1. The predicted molar refractivity (Wildman–Crippen MR) is 94.9 cm³/mol. The van der Waals surface area contributed by atoms with Crippen LogP contribution in [0.4, 0.5) is 11.4 Å². The highest BCUT2D eigenvalue weighted by molar-refractivity contribution is 7.92. The Hall–Kier alpha value is -2.16. The molecule has 138 valence electrons. The summed E-state index contributed by atoms with van der Waals surface area (Å²) in [6.45, 7) is 0.137. The van der Waals surface area contributed by atoms with Crippen molar-refractivity contribution in [2.45, 2.75) is 32.1 Å². The minimum atomic E-state index is -3.75. The summed E-state index contributed by atoms with van der Waals surface area (Å²) in [5.41, 5.74) is -0.127. The lowest BCUT2D eigenvalue weighted by Crippen LogP contribution is -2.41. The molecule has 0 spiro atoms. The van der Waals surface area contributed by atoms with Gasteiger partial charge in [0.2, 0.25) is 15.9 Å². The number of nitrogens with zero attached hydrogens (tertiary/aromatic N) is 2. The summed E-state index contributed by atoms with van der Waals surface area (Å²) < 4.78 is 24.9. The number of hydrogen-bond acceptors (Lipinski definition) is 5. The zero-order valence-corrected chi connectivity index (χ0v) is 15.0. The zero-order chi connectivity index (χ0) is 18.4. The minimum Gasteiger partial charge on any atom is -0.354 e. The van der Waals surface area contributed by atoms with Gasteiger partial charge in [-0.1, -0.05) is 25.3 Å². The van der Waals surface area contributed by atoms with Gasteiger partial charge in [0, 0.05) is 18.7 Å². The van der Waals surface area contributed by atoms with Crippen molar-refractivity contribution in [1.29, 1.82) is 0 Å². The fourth-order valence-corrected chi connectivity index (χ4v) is 3.85. The molecular weight excluding hydrogens is 346 g/mol. The molecule has 8 nitrogen and oxygen atoms in total. The molecular formula is C16H23N3O5S. The SMILES string of the molecule is CS(=O)(=O)N(CC(=O)NCC1CCCCC1)c1cccc([N+](=O)[O-])c1. The number of sulfonamides is 1. The third-order valence-electron chi connectivity index (χ3n) is 4.33. The first-order valence-corrected chi connectivity index (χ1v) is 10.1. The van der Waals surface area contributed by atoms with Crippen LogP contribution in [0.2, 0.25) is 0 Å². The van der Waals surface area contributed by atoms with E-state index in [4.69, 9.17) is 0 Å². The van der Waals surface area contributed by atoms with Gasteiger partial charge in [-0.15, -0.1) is 0 Å². The lowest BCUT2D eigenvalue weighted by Gasteiger charge is -2.24. The van der Waals surface area contributed by atoms with E-state index in [1.54, 1.807) is 0 Å². The van der Waals surface area contributed by atoms with E-state index >= 15 is 0 Å². The third-order valence-corrected chi connectivity index (χ3v) is 5.47. The number of nitro groups is 1. The summed E-state index contributed by atoms with van der Waals surface area (Å²) in [5.74, 6) is 0.0182. The number of rotatable bonds is 7. The lowest BCUT2D eigenvalue weighted by atomic mass is 9.89. The predicted octanol–water partition coefficient (Wildman–Crippen LogP) is 2.06. The summed E-state index contributed by atoms with van der Waals surface area (Å²) in [5, 5.41) is 13.7. The molecule has 0 radical (unpaired) electrons. The topological polar surface area (TPSA) is 110 Å². The van der Waals surface area contributed by atoms with E-state index < -0.39 is 27.4 Å². The van der Waals surface area contributed by atoms with Gasteiger partial charge in [-0.3, -0.25) is 19.2 Å². The van der Waals surface area contributed by atoms with E-state index in [1.165, 1.54) is 24.6 Å². The van der Waals surface area contributed by atoms with Gasteiger partial charge >= 0.3 is 0 Å². The van der Waals surface area contributed by atoms with E-state index in [0.29, 0.717) is 12.5 Å². The van der Waals surface area contributed by atoms with Gasteiger partial charge in [0.05, 0.1) is 16.9 Å².